The highest BCUT2D eigenvalue weighted by molar-refractivity contribution is 9.10. The number of hydrogen-bond donors (Lipinski definition) is 1. The molecule has 0 bridgehead atoms. The lowest BCUT2D eigenvalue weighted by Gasteiger charge is -2.25. The molecule has 0 amide bonds. The Balaban J connectivity index is 1.96. The van der Waals surface area contributed by atoms with Crippen molar-refractivity contribution in [3.8, 4) is 0 Å². The van der Waals surface area contributed by atoms with Crippen molar-refractivity contribution in [1.82, 2.24) is 15.1 Å². The SMILES string of the molecule is CCNC(CCC1CCCCC1)c1c(Br)cnn1C. The van der Waals surface area contributed by atoms with Crippen LogP contribution in [0.15, 0.2) is 10.7 Å². The Morgan fingerprint density at radius 1 is 1.42 bits per heavy atom. The van der Waals surface area contributed by atoms with Crippen LogP contribution in [0, 0.1) is 5.92 Å². The number of nitrogens with one attached hydrogen (secondary N) is 1. The van der Waals surface area contributed by atoms with Gasteiger partial charge >= 0.3 is 0 Å². The van der Waals surface area contributed by atoms with Crippen molar-refractivity contribution in [2.75, 3.05) is 6.54 Å². The molecule has 1 heterocycles. The van der Waals surface area contributed by atoms with Crippen LogP contribution in [0.25, 0.3) is 0 Å². The van der Waals surface area contributed by atoms with Gasteiger partial charge in [-0.15, -0.1) is 0 Å². The highest BCUT2D eigenvalue weighted by Gasteiger charge is 2.20. The molecule has 0 radical (unpaired) electrons. The molecule has 0 saturated heterocycles. The fraction of sp³-hybridized carbons (Fsp3) is 0.800. The zero-order valence-electron chi connectivity index (χ0n) is 12.2. The first-order chi connectivity index (χ1) is 9.22. The summed E-state index contributed by atoms with van der Waals surface area (Å²) in [6, 6.07) is 0.425. The fourth-order valence-corrected chi connectivity index (χ4v) is 3.90. The maximum atomic E-state index is 4.34. The van der Waals surface area contributed by atoms with Gasteiger partial charge in [0.05, 0.1) is 22.4 Å². The van der Waals surface area contributed by atoms with Gasteiger partial charge in [-0.1, -0.05) is 39.0 Å². The molecule has 3 nitrogen and oxygen atoms in total. The van der Waals surface area contributed by atoms with Gasteiger partial charge < -0.3 is 5.32 Å². The van der Waals surface area contributed by atoms with E-state index in [1.807, 2.05) is 17.9 Å². The number of halogens is 1. The highest BCUT2D eigenvalue weighted by Crippen LogP contribution is 2.32. The van der Waals surface area contributed by atoms with E-state index in [4.69, 9.17) is 0 Å². The van der Waals surface area contributed by atoms with E-state index in [1.165, 1.54) is 50.6 Å². The smallest absolute Gasteiger partial charge is 0.0692 e. The zero-order valence-corrected chi connectivity index (χ0v) is 13.7. The van der Waals surface area contributed by atoms with Crippen LogP contribution in [0.3, 0.4) is 0 Å². The average molecular weight is 328 g/mol. The summed E-state index contributed by atoms with van der Waals surface area (Å²) in [6.45, 7) is 3.19. The van der Waals surface area contributed by atoms with E-state index < -0.39 is 0 Å². The normalized spacial score (nSPS) is 18.7. The largest absolute Gasteiger partial charge is 0.309 e. The second-order valence-electron chi connectivity index (χ2n) is 5.69. The van der Waals surface area contributed by atoms with Gasteiger partial charge in [-0.3, -0.25) is 4.68 Å². The van der Waals surface area contributed by atoms with Crippen molar-refractivity contribution in [2.24, 2.45) is 13.0 Å². The monoisotopic (exact) mass is 327 g/mol. The van der Waals surface area contributed by atoms with Crippen molar-refractivity contribution in [3.63, 3.8) is 0 Å². The minimum atomic E-state index is 0.425. The van der Waals surface area contributed by atoms with E-state index in [0.29, 0.717) is 6.04 Å². The second kappa shape index (κ2) is 7.44. The Kier molecular flexibility index (Phi) is 5.89. The summed E-state index contributed by atoms with van der Waals surface area (Å²) in [6.07, 6.45) is 11.7. The molecular formula is C15H26BrN3. The van der Waals surface area contributed by atoms with Gasteiger partial charge in [0.15, 0.2) is 0 Å². The minimum Gasteiger partial charge on any atom is -0.309 e. The number of rotatable bonds is 6. The minimum absolute atomic E-state index is 0.425. The molecule has 0 spiro atoms. The van der Waals surface area contributed by atoms with Crippen molar-refractivity contribution < 1.29 is 0 Å². The van der Waals surface area contributed by atoms with Gasteiger partial charge in [0.2, 0.25) is 0 Å². The van der Waals surface area contributed by atoms with Gasteiger partial charge in [0, 0.05) is 7.05 Å². The van der Waals surface area contributed by atoms with Crippen molar-refractivity contribution in [2.45, 2.75) is 57.9 Å². The predicted octanol–water partition coefficient (Wildman–Crippen LogP) is 4.19. The third-order valence-electron chi connectivity index (χ3n) is 4.31. The van der Waals surface area contributed by atoms with Gasteiger partial charge in [-0.2, -0.15) is 5.10 Å². The van der Waals surface area contributed by atoms with Crippen LogP contribution in [-0.4, -0.2) is 16.3 Å². The lowest BCUT2D eigenvalue weighted by molar-refractivity contribution is 0.312. The van der Waals surface area contributed by atoms with Crippen LogP contribution < -0.4 is 5.32 Å². The van der Waals surface area contributed by atoms with Crippen LogP contribution in [0.2, 0.25) is 0 Å². The fourth-order valence-electron chi connectivity index (χ4n) is 3.27. The number of nitrogens with zero attached hydrogens (tertiary/aromatic N) is 2. The van der Waals surface area contributed by atoms with E-state index in [1.54, 1.807) is 0 Å². The van der Waals surface area contributed by atoms with Gasteiger partial charge in [-0.25, -0.2) is 0 Å². The molecule has 1 fully saturated rings. The van der Waals surface area contributed by atoms with Crippen LogP contribution in [0.5, 0.6) is 0 Å². The third-order valence-corrected chi connectivity index (χ3v) is 4.92. The first-order valence-electron chi connectivity index (χ1n) is 7.63. The van der Waals surface area contributed by atoms with E-state index in [2.05, 4.69) is 33.3 Å². The van der Waals surface area contributed by atoms with Gasteiger partial charge in [0.25, 0.3) is 0 Å². The molecule has 0 aliphatic heterocycles. The summed E-state index contributed by atoms with van der Waals surface area (Å²) in [5.41, 5.74) is 1.29. The molecule has 0 aromatic carbocycles. The molecule has 1 aromatic heterocycles. The van der Waals surface area contributed by atoms with E-state index in [9.17, 15) is 0 Å². The Morgan fingerprint density at radius 2 is 2.16 bits per heavy atom. The summed E-state index contributed by atoms with van der Waals surface area (Å²) in [7, 11) is 2.03. The Labute approximate surface area is 125 Å². The molecule has 19 heavy (non-hydrogen) atoms. The summed E-state index contributed by atoms with van der Waals surface area (Å²) in [5, 5.41) is 7.96. The highest BCUT2D eigenvalue weighted by atomic mass is 79.9. The first-order valence-corrected chi connectivity index (χ1v) is 8.42. The maximum Gasteiger partial charge on any atom is 0.0692 e. The Hall–Kier alpha value is -0.350. The third kappa shape index (κ3) is 4.06. The summed E-state index contributed by atoms with van der Waals surface area (Å²) < 4.78 is 3.13. The molecule has 1 atom stereocenters. The molecule has 1 N–H and O–H groups in total. The number of hydrogen-bond acceptors (Lipinski definition) is 2. The van der Waals surface area contributed by atoms with Crippen LogP contribution in [0.1, 0.15) is 63.6 Å². The van der Waals surface area contributed by atoms with Crippen LogP contribution in [-0.2, 0) is 7.05 Å². The molecule has 1 saturated carbocycles. The molecular weight excluding hydrogens is 302 g/mol. The van der Waals surface area contributed by atoms with Crippen molar-refractivity contribution in [3.05, 3.63) is 16.4 Å². The predicted molar refractivity (Wildman–Crippen MR) is 83.1 cm³/mol. The van der Waals surface area contributed by atoms with Crippen molar-refractivity contribution >= 4 is 15.9 Å². The van der Waals surface area contributed by atoms with E-state index in [-0.39, 0.29) is 0 Å². The summed E-state index contributed by atoms with van der Waals surface area (Å²) in [5.74, 6) is 0.946. The Morgan fingerprint density at radius 3 is 2.74 bits per heavy atom. The van der Waals surface area contributed by atoms with Gasteiger partial charge in [-0.05, 0) is 41.2 Å². The number of aryl methyl sites for hydroxylation is 1. The van der Waals surface area contributed by atoms with E-state index >= 15 is 0 Å². The molecule has 1 aromatic rings. The second-order valence-corrected chi connectivity index (χ2v) is 6.55. The quantitative estimate of drug-likeness (QED) is 0.848. The molecule has 1 aliphatic carbocycles. The van der Waals surface area contributed by atoms with Crippen LogP contribution >= 0.6 is 15.9 Å². The maximum absolute atomic E-state index is 4.34. The molecule has 1 aliphatic rings. The summed E-state index contributed by atoms with van der Waals surface area (Å²) >= 11 is 3.63. The molecule has 2 rings (SSSR count). The molecule has 108 valence electrons. The summed E-state index contributed by atoms with van der Waals surface area (Å²) in [4.78, 5) is 0. The lowest BCUT2D eigenvalue weighted by atomic mass is 9.85. The van der Waals surface area contributed by atoms with Crippen LogP contribution in [0.4, 0.5) is 0 Å². The molecule has 4 heteroatoms. The Bertz CT molecular complexity index is 363. The first kappa shape index (κ1) is 15.0. The average Bonchev–Trinajstić information content (AvgIpc) is 2.76. The van der Waals surface area contributed by atoms with Crippen molar-refractivity contribution in [1.29, 1.82) is 0 Å². The topological polar surface area (TPSA) is 29.9 Å². The number of aromatic nitrogens is 2. The zero-order chi connectivity index (χ0) is 13.7. The molecule has 1 unspecified atom stereocenters. The standard InChI is InChI=1S/C15H26BrN3/c1-3-17-14(15-13(16)11-18-19(15)2)10-9-12-7-5-4-6-8-12/h11-12,14,17H,3-10H2,1-2H3. The van der Waals surface area contributed by atoms with E-state index in [0.717, 1.165) is 16.9 Å². The van der Waals surface area contributed by atoms with Gasteiger partial charge in [0.1, 0.15) is 0 Å². The lowest BCUT2D eigenvalue weighted by Crippen LogP contribution is -2.24.